The number of aromatic nitrogens is 2. The first kappa shape index (κ1) is 19.8. The van der Waals surface area contributed by atoms with Crippen LogP contribution in [0.25, 0.3) is 10.9 Å². The molecular formula is C22H19FN4O2S. The van der Waals surface area contributed by atoms with Crippen LogP contribution in [0.2, 0.25) is 0 Å². The standard InChI is InChI=1S/C22H19FN4O2S/c23-16-7-5-14(6-8-16)21(29)27-22-26-17(13-30-22)11-20(28)24-10-9-15-12-25-19-4-2-1-3-18(15)19/h1-8,12-13,25H,9-11H2,(H,24,28)(H,26,27,29). The van der Waals surface area contributed by atoms with Crippen molar-refractivity contribution in [1.82, 2.24) is 15.3 Å². The highest BCUT2D eigenvalue weighted by Gasteiger charge is 2.12. The van der Waals surface area contributed by atoms with Crippen molar-refractivity contribution < 1.29 is 14.0 Å². The second kappa shape index (κ2) is 8.87. The van der Waals surface area contributed by atoms with E-state index in [1.54, 1.807) is 5.38 Å². The SMILES string of the molecule is O=C(Cc1csc(NC(=O)c2ccc(F)cc2)n1)NCCc1c[nH]c2ccccc12. The van der Waals surface area contributed by atoms with Gasteiger partial charge >= 0.3 is 0 Å². The summed E-state index contributed by atoms with van der Waals surface area (Å²) in [4.78, 5) is 31.9. The largest absolute Gasteiger partial charge is 0.361 e. The fraction of sp³-hybridized carbons (Fsp3) is 0.136. The van der Waals surface area contributed by atoms with Crippen LogP contribution in [0.4, 0.5) is 9.52 Å². The van der Waals surface area contributed by atoms with E-state index in [4.69, 9.17) is 0 Å². The number of hydrogen-bond donors (Lipinski definition) is 3. The van der Waals surface area contributed by atoms with Crippen molar-refractivity contribution in [2.75, 3.05) is 11.9 Å². The van der Waals surface area contributed by atoms with Gasteiger partial charge in [-0.1, -0.05) is 18.2 Å². The molecule has 0 fully saturated rings. The second-order valence-electron chi connectivity index (χ2n) is 6.74. The average molecular weight is 422 g/mol. The van der Waals surface area contributed by atoms with E-state index in [-0.39, 0.29) is 18.2 Å². The van der Waals surface area contributed by atoms with Crippen LogP contribution < -0.4 is 10.6 Å². The molecule has 3 N–H and O–H groups in total. The number of para-hydroxylation sites is 1. The molecule has 0 aliphatic carbocycles. The van der Waals surface area contributed by atoms with E-state index < -0.39 is 5.82 Å². The molecule has 2 aromatic heterocycles. The van der Waals surface area contributed by atoms with E-state index in [0.717, 1.165) is 22.9 Å². The summed E-state index contributed by atoms with van der Waals surface area (Å²) in [7, 11) is 0. The van der Waals surface area contributed by atoms with E-state index in [1.807, 2.05) is 24.4 Å². The Morgan fingerprint density at radius 2 is 1.90 bits per heavy atom. The van der Waals surface area contributed by atoms with Crippen LogP contribution in [0.3, 0.4) is 0 Å². The molecular weight excluding hydrogens is 403 g/mol. The van der Waals surface area contributed by atoms with Gasteiger partial charge in [0.25, 0.3) is 5.91 Å². The van der Waals surface area contributed by atoms with Crippen LogP contribution in [0.1, 0.15) is 21.6 Å². The highest BCUT2D eigenvalue weighted by atomic mass is 32.1. The molecule has 0 saturated carbocycles. The molecule has 4 rings (SSSR count). The fourth-order valence-electron chi connectivity index (χ4n) is 3.12. The number of carbonyl (C=O) groups excluding carboxylic acids is 2. The van der Waals surface area contributed by atoms with Crippen LogP contribution in [-0.2, 0) is 17.6 Å². The fourth-order valence-corrected chi connectivity index (χ4v) is 3.82. The summed E-state index contributed by atoms with van der Waals surface area (Å²) in [5.74, 6) is -0.908. The number of H-pyrrole nitrogens is 1. The summed E-state index contributed by atoms with van der Waals surface area (Å²) >= 11 is 1.24. The first-order valence-corrected chi connectivity index (χ1v) is 10.3. The third kappa shape index (κ3) is 4.72. The number of aromatic amines is 1. The molecule has 0 bridgehead atoms. The average Bonchev–Trinajstić information content (AvgIpc) is 3.35. The quantitative estimate of drug-likeness (QED) is 0.422. The number of rotatable bonds is 7. The molecule has 30 heavy (non-hydrogen) atoms. The number of thiazole rings is 1. The first-order chi connectivity index (χ1) is 14.6. The Balaban J connectivity index is 1.26. The molecule has 0 aliphatic rings. The van der Waals surface area contributed by atoms with Crippen molar-refractivity contribution in [3.05, 3.63) is 82.7 Å². The summed E-state index contributed by atoms with van der Waals surface area (Å²) in [5, 5.41) is 8.86. The zero-order valence-electron chi connectivity index (χ0n) is 15.9. The highest BCUT2D eigenvalue weighted by molar-refractivity contribution is 7.14. The minimum atomic E-state index is -0.404. The maximum absolute atomic E-state index is 13.0. The molecule has 8 heteroatoms. The number of fused-ring (bicyclic) bond motifs is 1. The van der Waals surface area contributed by atoms with Crippen LogP contribution >= 0.6 is 11.3 Å². The number of benzene rings is 2. The Morgan fingerprint density at radius 3 is 2.73 bits per heavy atom. The van der Waals surface area contributed by atoms with Crippen molar-refractivity contribution in [2.24, 2.45) is 0 Å². The molecule has 0 spiro atoms. The second-order valence-corrected chi connectivity index (χ2v) is 7.60. The lowest BCUT2D eigenvalue weighted by Crippen LogP contribution is -2.27. The Labute approximate surface area is 176 Å². The third-order valence-corrected chi connectivity index (χ3v) is 5.42. The normalized spacial score (nSPS) is 10.8. The third-order valence-electron chi connectivity index (χ3n) is 4.61. The van der Waals surface area contributed by atoms with Crippen LogP contribution in [0.15, 0.2) is 60.1 Å². The molecule has 2 aromatic carbocycles. The summed E-state index contributed by atoms with van der Waals surface area (Å²) in [6.45, 7) is 0.527. The lowest BCUT2D eigenvalue weighted by atomic mass is 10.1. The lowest BCUT2D eigenvalue weighted by molar-refractivity contribution is -0.120. The Bertz CT molecular complexity index is 1180. The van der Waals surface area contributed by atoms with E-state index in [9.17, 15) is 14.0 Å². The van der Waals surface area contributed by atoms with Crippen LogP contribution in [-0.4, -0.2) is 28.3 Å². The van der Waals surface area contributed by atoms with Crippen molar-refractivity contribution in [3.8, 4) is 0 Å². The minimum Gasteiger partial charge on any atom is -0.361 e. The summed E-state index contributed by atoms with van der Waals surface area (Å²) in [5.41, 5.74) is 3.16. The van der Waals surface area contributed by atoms with Gasteiger partial charge in [0.15, 0.2) is 5.13 Å². The zero-order chi connectivity index (χ0) is 20.9. The van der Waals surface area contributed by atoms with Crippen molar-refractivity contribution in [2.45, 2.75) is 12.8 Å². The maximum Gasteiger partial charge on any atom is 0.257 e. The Hall–Kier alpha value is -3.52. The number of carbonyl (C=O) groups is 2. The van der Waals surface area contributed by atoms with Gasteiger partial charge in [0, 0.05) is 34.6 Å². The van der Waals surface area contributed by atoms with E-state index in [2.05, 4.69) is 26.7 Å². The predicted octanol–water partition coefficient (Wildman–Crippen LogP) is 3.92. The minimum absolute atomic E-state index is 0.128. The van der Waals surface area contributed by atoms with Gasteiger partial charge in [-0.25, -0.2) is 9.37 Å². The number of amides is 2. The number of halogens is 1. The molecule has 152 valence electrons. The van der Waals surface area contributed by atoms with E-state index in [1.165, 1.54) is 35.6 Å². The molecule has 0 radical (unpaired) electrons. The Morgan fingerprint density at radius 1 is 1.10 bits per heavy atom. The van der Waals surface area contributed by atoms with Gasteiger partial charge in [-0.15, -0.1) is 11.3 Å². The first-order valence-electron chi connectivity index (χ1n) is 9.41. The van der Waals surface area contributed by atoms with Gasteiger partial charge in [-0.2, -0.15) is 0 Å². The molecule has 2 heterocycles. The number of nitrogens with zero attached hydrogens (tertiary/aromatic N) is 1. The van der Waals surface area contributed by atoms with Gasteiger partial charge in [0.2, 0.25) is 5.91 Å². The van der Waals surface area contributed by atoms with E-state index >= 15 is 0 Å². The van der Waals surface area contributed by atoms with Gasteiger partial charge in [0.1, 0.15) is 5.82 Å². The maximum atomic E-state index is 13.0. The monoisotopic (exact) mass is 422 g/mol. The van der Waals surface area contributed by atoms with E-state index in [0.29, 0.717) is 22.9 Å². The molecule has 2 amide bonds. The molecule has 0 unspecified atom stereocenters. The molecule has 4 aromatic rings. The predicted molar refractivity (Wildman–Crippen MR) is 115 cm³/mol. The smallest absolute Gasteiger partial charge is 0.257 e. The highest BCUT2D eigenvalue weighted by Crippen LogP contribution is 2.18. The van der Waals surface area contributed by atoms with Gasteiger partial charge < -0.3 is 10.3 Å². The van der Waals surface area contributed by atoms with Crippen molar-refractivity contribution >= 4 is 39.2 Å². The topological polar surface area (TPSA) is 86.9 Å². The van der Waals surface area contributed by atoms with Gasteiger partial charge in [-0.3, -0.25) is 14.9 Å². The number of nitrogens with one attached hydrogen (secondary N) is 3. The molecule has 0 atom stereocenters. The summed E-state index contributed by atoms with van der Waals surface area (Å²) in [6.07, 6.45) is 2.83. The molecule has 0 aliphatic heterocycles. The number of anilines is 1. The summed E-state index contributed by atoms with van der Waals surface area (Å²) in [6, 6.07) is 13.3. The van der Waals surface area contributed by atoms with Crippen LogP contribution in [0.5, 0.6) is 0 Å². The zero-order valence-corrected chi connectivity index (χ0v) is 16.8. The van der Waals surface area contributed by atoms with Gasteiger partial charge in [-0.05, 0) is 42.3 Å². The van der Waals surface area contributed by atoms with Crippen molar-refractivity contribution in [1.29, 1.82) is 0 Å². The molecule has 6 nitrogen and oxygen atoms in total. The molecule has 0 saturated heterocycles. The number of hydrogen-bond acceptors (Lipinski definition) is 4. The summed E-state index contributed by atoms with van der Waals surface area (Å²) < 4.78 is 13.0. The Kier molecular flexibility index (Phi) is 5.85. The van der Waals surface area contributed by atoms with Crippen molar-refractivity contribution in [3.63, 3.8) is 0 Å². The lowest BCUT2D eigenvalue weighted by Gasteiger charge is -2.04. The van der Waals surface area contributed by atoms with Crippen LogP contribution in [0, 0.1) is 5.82 Å². The van der Waals surface area contributed by atoms with Gasteiger partial charge in [0.05, 0.1) is 12.1 Å².